The van der Waals surface area contributed by atoms with Gasteiger partial charge < -0.3 is 10.6 Å². The fraction of sp³-hybridized carbons (Fsp3) is 0.562. The van der Waals surface area contributed by atoms with Gasteiger partial charge in [-0.15, -0.1) is 24.0 Å². The topological polar surface area (TPSA) is 70.6 Å². The predicted molar refractivity (Wildman–Crippen MR) is 108 cm³/mol. The molecule has 7 heteroatoms. The molecule has 0 atom stereocenters. The number of nitrogens with zero attached hydrogens (tertiary/aromatic N) is 1. The summed E-state index contributed by atoms with van der Waals surface area (Å²) in [4.78, 5) is 4.51. The lowest BCUT2D eigenvalue weighted by Gasteiger charge is -2.11. The molecule has 0 saturated carbocycles. The van der Waals surface area contributed by atoms with Gasteiger partial charge in [-0.1, -0.05) is 30.3 Å². The Hall–Kier alpha value is -0.830. The molecule has 0 spiro atoms. The molecule has 0 aliphatic rings. The highest BCUT2D eigenvalue weighted by molar-refractivity contribution is 14.0. The van der Waals surface area contributed by atoms with Crippen LogP contribution in [0.5, 0.6) is 0 Å². The molecule has 0 aliphatic heterocycles. The lowest BCUT2D eigenvalue weighted by atomic mass is 10.1. The molecule has 0 unspecified atom stereocenters. The van der Waals surface area contributed by atoms with Gasteiger partial charge in [0.15, 0.2) is 5.96 Å². The van der Waals surface area contributed by atoms with Gasteiger partial charge in [0.1, 0.15) is 9.84 Å². The molecule has 0 radical (unpaired) electrons. The number of hydrogen-bond donors (Lipinski definition) is 2. The van der Waals surface area contributed by atoms with Crippen molar-refractivity contribution in [3.63, 3.8) is 0 Å². The smallest absolute Gasteiger partial charge is 0.191 e. The van der Waals surface area contributed by atoms with Crippen molar-refractivity contribution in [3.8, 4) is 0 Å². The highest BCUT2D eigenvalue weighted by atomic mass is 127. The molecule has 0 fully saturated rings. The number of aryl methyl sites for hydroxylation is 1. The Kier molecular flexibility index (Phi) is 12.1. The van der Waals surface area contributed by atoms with E-state index in [1.54, 1.807) is 0 Å². The van der Waals surface area contributed by atoms with Crippen molar-refractivity contribution in [2.24, 2.45) is 4.99 Å². The largest absolute Gasteiger partial charge is 0.357 e. The number of sulfone groups is 1. The second-order valence-corrected chi connectivity index (χ2v) is 7.52. The van der Waals surface area contributed by atoms with E-state index >= 15 is 0 Å². The quantitative estimate of drug-likeness (QED) is 0.261. The zero-order valence-electron chi connectivity index (χ0n) is 13.9. The maximum atomic E-state index is 11.1. The molecule has 23 heavy (non-hydrogen) atoms. The fourth-order valence-corrected chi connectivity index (χ4v) is 2.67. The molecule has 1 aromatic rings. The van der Waals surface area contributed by atoms with Crippen LogP contribution in [0.15, 0.2) is 35.3 Å². The summed E-state index contributed by atoms with van der Waals surface area (Å²) in [5.41, 5.74) is 1.32. The number of aliphatic imine (C=N–C) groups is 1. The second kappa shape index (κ2) is 12.6. The summed E-state index contributed by atoms with van der Waals surface area (Å²) in [6, 6.07) is 10.4. The van der Waals surface area contributed by atoms with Crippen LogP contribution in [0.1, 0.15) is 25.3 Å². The van der Waals surface area contributed by atoms with Crippen LogP contribution in [0.3, 0.4) is 0 Å². The average molecular weight is 453 g/mol. The van der Waals surface area contributed by atoms with Gasteiger partial charge in [0.25, 0.3) is 0 Å². The molecule has 0 saturated heterocycles. The van der Waals surface area contributed by atoms with Crippen LogP contribution in [0, 0.1) is 0 Å². The molecule has 1 rings (SSSR count). The standard InChI is InChI=1S/C16H27N3O2S.HI/c1-3-17-16(19-13-8-14-22(2,20)21)18-12-7-11-15-9-5-4-6-10-15;/h4-6,9-10H,3,7-8,11-14H2,1-2H3,(H2,17,18,19);1H. The number of nitrogens with one attached hydrogen (secondary N) is 2. The third kappa shape index (κ3) is 12.3. The Morgan fingerprint density at radius 3 is 2.43 bits per heavy atom. The third-order valence-electron chi connectivity index (χ3n) is 3.06. The number of benzene rings is 1. The lowest BCUT2D eigenvalue weighted by Crippen LogP contribution is -2.38. The highest BCUT2D eigenvalue weighted by Crippen LogP contribution is 2.02. The Balaban J connectivity index is 0.00000484. The van der Waals surface area contributed by atoms with Gasteiger partial charge in [0.2, 0.25) is 0 Å². The van der Waals surface area contributed by atoms with Crippen LogP contribution in [0.2, 0.25) is 0 Å². The van der Waals surface area contributed by atoms with Gasteiger partial charge >= 0.3 is 0 Å². The molecule has 2 N–H and O–H groups in total. The number of rotatable bonds is 9. The first-order valence-electron chi connectivity index (χ1n) is 7.75. The zero-order valence-corrected chi connectivity index (χ0v) is 17.1. The van der Waals surface area contributed by atoms with E-state index in [4.69, 9.17) is 0 Å². The van der Waals surface area contributed by atoms with Crippen LogP contribution in [0.25, 0.3) is 0 Å². The SMILES string of the molecule is CCNC(=NCCCc1ccccc1)NCCCS(C)(=O)=O.I. The summed E-state index contributed by atoms with van der Waals surface area (Å²) < 4.78 is 22.1. The number of hydrogen-bond acceptors (Lipinski definition) is 3. The van der Waals surface area contributed by atoms with E-state index in [1.165, 1.54) is 11.8 Å². The molecule has 0 amide bonds. The molecule has 0 heterocycles. The predicted octanol–water partition coefficient (Wildman–Crippen LogP) is 2.23. The first kappa shape index (κ1) is 22.2. The summed E-state index contributed by atoms with van der Waals surface area (Å²) in [6.45, 7) is 4.15. The fourth-order valence-electron chi connectivity index (χ4n) is 2.00. The Labute approximate surface area is 157 Å². The van der Waals surface area contributed by atoms with Crippen molar-refractivity contribution in [2.75, 3.05) is 31.6 Å². The van der Waals surface area contributed by atoms with E-state index in [9.17, 15) is 8.42 Å². The van der Waals surface area contributed by atoms with E-state index in [-0.39, 0.29) is 29.7 Å². The van der Waals surface area contributed by atoms with E-state index in [1.807, 2.05) is 25.1 Å². The van der Waals surface area contributed by atoms with Crippen LogP contribution < -0.4 is 10.6 Å². The maximum Gasteiger partial charge on any atom is 0.191 e. The Bertz CT molecular complexity index is 548. The van der Waals surface area contributed by atoms with E-state index in [2.05, 4.69) is 27.8 Å². The van der Waals surface area contributed by atoms with E-state index in [0.29, 0.717) is 13.0 Å². The van der Waals surface area contributed by atoms with Crippen molar-refractivity contribution in [1.82, 2.24) is 10.6 Å². The summed E-state index contributed by atoms with van der Waals surface area (Å²) in [5.74, 6) is 0.956. The first-order valence-corrected chi connectivity index (χ1v) is 9.81. The van der Waals surface area contributed by atoms with Crippen molar-refractivity contribution in [3.05, 3.63) is 35.9 Å². The molecular weight excluding hydrogens is 425 g/mol. The monoisotopic (exact) mass is 453 g/mol. The van der Waals surface area contributed by atoms with Gasteiger partial charge in [-0.3, -0.25) is 4.99 Å². The number of guanidine groups is 1. The summed E-state index contributed by atoms with van der Waals surface area (Å²) >= 11 is 0. The molecule has 0 bridgehead atoms. The van der Waals surface area contributed by atoms with E-state index in [0.717, 1.165) is 31.9 Å². The Morgan fingerprint density at radius 1 is 1.13 bits per heavy atom. The summed E-state index contributed by atoms with van der Waals surface area (Å²) in [5, 5.41) is 6.33. The zero-order chi connectivity index (χ0) is 16.3. The van der Waals surface area contributed by atoms with Crippen molar-refractivity contribution < 1.29 is 8.42 Å². The molecule has 0 aromatic heterocycles. The van der Waals surface area contributed by atoms with Crippen LogP contribution >= 0.6 is 24.0 Å². The normalized spacial score (nSPS) is 11.7. The molecular formula is C16H28IN3O2S. The van der Waals surface area contributed by atoms with Crippen LogP contribution in [-0.2, 0) is 16.3 Å². The van der Waals surface area contributed by atoms with Crippen LogP contribution in [-0.4, -0.2) is 46.0 Å². The van der Waals surface area contributed by atoms with Gasteiger partial charge in [-0.25, -0.2) is 8.42 Å². The van der Waals surface area contributed by atoms with Gasteiger partial charge in [0.05, 0.1) is 5.75 Å². The van der Waals surface area contributed by atoms with E-state index < -0.39 is 9.84 Å². The lowest BCUT2D eigenvalue weighted by molar-refractivity contribution is 0.598. The molecule has 132 valence electrons. The van der Waals surface area contributed by atoms with Crippen molar-refractivity contribution >= 4 is 39.8 Å². The average Bonchev–Trinajstić information content (AvgIpc) is 2.48. The molecule has 5 nitrogen and oxygen atoms in total. The summed E-state index contributed by atoms with van der Waals surface area (Å²) in [6.07, 6.45) is 3.85. The number of halogens is 1. The van der Waals surface area contributed by atoms with Gasteiger partial charge in [-0.2, -0.15) is 0 Å². The maximum absolute atomic E-state index is 11.1. The summed E-state index contributed by atoms with van der Waals surface area (Å²) in [7, 11) is -2.89. The van der Waals surface area contributed by atoms with Crippen LogP contribution in [0.4, 0.5) is 0 Å². The Morgan fingerprint density at radius 2 is 1.83 bits per heavy atom. The van der Waals surface area contributed by atoms with Crippen molar-refractivity contribution in [1.29, 1.82) is 0 Å². The molecule has 1 aromatic carbocycles. The minimum Gasteiger partial charge on any atom is -0.357 e. The highest BCUT2D eigenvalue weighted by Gasteiger charge is 2.02. The van der Waals surface area contributed by atoms with Gasteiger partial charge in [0, 0.05) is 25.9 Å². The second-order valence-electron chi connectivity index (χ2n) is 5.26. The van der Waals surface area contributed by atoms with Gasteiger partial charge in [-0.05, 0) is 31.7 Å². The minimum absolute atomic E-state index is 0. The van der Waals surface area contributed by atoms with Crippen molar-refractivity contribution in [2.45, 2.75) is 26.2 Å². The first-order chi connectivity index (χ1) is 10.5. The minimum atomic E-state index is -2.89. The molecule has 0 aliphatic carbocycles. The third-order valence-corrected chi connectivity index (χ3v) is 4.10.